The largest absolute Gasteiger partial charge is 0.444 e. The number of anilines is 1. The number of rotatable bonds is 6. The summed E-state index contributed by atoms with van der Waals surface area (Å²) in [5.41, 5.74) is 1.17. The zero-order valence-electron chi connectivity index (χ0n) is 18.0. The second kappa shape index (κ2) is 9.96. The first-order valence-electron chi connectivity index (χ1n) is 10.3. The second-order valence-electron chi connectivity index (χ2n) is 8.56. The Hall–Kier alpha value is -2.87. The summed E-state index contributed by atoms with van der Waals surface area (Å²) >= 11 is 6.00. The number of halogens is 1. The molecular formula is C22H28ClN5O3. The summed E-state index contributed by atoms with van der Waals surface area (Å²) in [4.78, 5) is 26.6. The maximum Gasteiger partial charge on any atom is 0.410 e. The molecule has 1 fully saturated rings. The summed E-state index contributed by atoms with van der Waals surface area (Å²) in [6, 6.07) is 11.2. The van der Waals surface area contributed by atoms with Gasteiger partial charge in [0.1, 0.15) is 5.60 Å². The minimum atomic E-state index is -0.519. The highest BCUT2D eigenvalue weighted by Gasteiger charge is 2.30. The van der Waals surface area contributed by atoms with Crippen molar-refractivity contribution in [2.24, 2.45) is 5.92 Å². The predicted molar refractivity (Wildman–Crippen MR) is 119 cm³/mol. The first-order valence-corrected chi connectivity index (χ1v) is 10.7. The summed E-state index contributed by atoms with van der Waals surface area (Å²) in [5, 5.41) is 14.1. The van der Waals surface area contributed by atoms with Gasteiger partial charge in [-0.15, -0.1) is 10.2 Å². The van der Waals surface area contributed by atoms with Crippen molar-refractivity contribution in [1.29, 1.82) is 0 Å². The predicted octanol–water partition coefficient (Wildman–Crippen LogP) is 3.73. The van der Waals surface area contributed by atoms with Crippen LogP contribution < -0.4 is 10.6 Å². The molecule has 2 aromatic rings. The van der Waals surface area contributed by atoms with Crippen molar-refractivity contribution >= 4 is 29.3 Å². The Bertz CT molecular complexity index is 917. The molecule has 1 unspecified atom stereocenters. The van der Waals surface area contributed by atoms with Gasteiger partial charge in [-0.2, -0.15) is 0 Å². The van der Waals surface area contributed by atoms with E-state index in [2.05, 4.69) is 20.8 Å². The number of likely N-dealkylation sites (tertiary alicyclic amines) is 1. The molecular weight excluding hydrogens is 418 g/mol. The number of nitrogens with zero attached hydrogens (tertiary/aromatic N) is 3. The van der Waals surface area contributed by atoms with E-state index in [9.17, 15) is 9.59 Å². The summed E-state index contributed by atoms with van der Waals surface area (Å²) in [6.45, 7) is 7.74. The van der Waals surface area contributed by atoms with Gasteiger partial charge in [0.25, 0.3) is 5.91 Å². The van der Waals surface area contributed by atoms with Crippen LogP contribution in [0.3, 0.4) is 0 Å². The molecule has 0 radical (unpaired) electrons. The highest BCUT2D eigenvalue weighted by molar-refractivity contribution is 6.29. The van der Waals surface area contributed by atoms with Gasteiger partial charge in [-0.05, 0) is 38.7 Å². The topological polar surface area (TPSA) is 96.4 Å². The fraction of sp³-hybridized carbons (Fsp3) is 0.455. The lowest BCUT2D eigenvalue weighted by atomic mass is 10.1. The van der Waals surface area contributed by atoms with E-state index in [1.54, 1.807) is 11.0 Å². The van der Waals surface area contributed by atoms with Gasteiger partial charge in [0.15, 0.2) is 10.8 Å². The quantitative estimate of drug-likeness (QED) is 0.703. The number of ether oxygens (including phenoxy) is 1. The average molecular weight is 446 g/mol. The molecule has 0 spiro atoms. The van der Waals surface area contributed by atoms with Crippen LogP contribution in [0.25, 0.3) is 0 Å². The molecule has 0 bridgehead atoms. The van der Waals surface area contributed by atoms with Crippen molar-refractivity contribution in [1.82, 2.24) is 20.4 Å². The van der Waals surface area contributed by atoms with Crippen molar-refractivity contribution in [2.45, 2.75) is 39.3 Å². The minimum Gasteiger partial charge on any atom is -0.444 e. The molecule has 166 valence electrons. The molecule has 0 aliphatic carbocycles. The lowest BCUT2D eigenvalue weighted by Gasteiger charge is -2.24. The molecule has 1 aromatic heterocycles. The van der Waals surface area contributed by atoms with Crippen molar-refractivity contribution in [3.8, 4) is 0 Å². The minimum absolute atomic E-state index is 0.183. The number of amides is 2. The first-order chi connectivity index (χ1) is 14.7. The average Bonchev–Trinajstić information content (AvgIpc) is 3.19. The van der Waals surface area contributed by atoms with E-state index in [1.807, 2.05) is 51.1 Å². The third-order valence-corrected chi connectivity index (χ3v) is 4.98. The van der Waals surface area contributed by atoms with Crippen LogP contribution in [0.4, 0.5) is 10.5 Å². The summed E-state index contributed by atoms with van der Waals surface area (Å²) in [5.74, 6) is -0.114. The molecule has 3 rings (SSSR count). The third kappa shape index (κ3) is 6.82. The van der Waals surface area contributed by atoms with E-state index in [0.29, 0.717) is 31.9 Å². The Morgan fingerprint density at radius 1 is 1.23 bits per heavy atom. The van der Waals surface area contributed by atoms with Crippen molar-refractivity contribution in [3.63, 3.8) is 0 Å². The zero-order chi connectivity index (χ0) is 22.4. The molecule has 2 amide bonds. The lowest BCUT2D eigenvalue weighted by Crippen LogP contribution is -2.35. The van der Waals surface area contributed by atoms with Gasteiger partial charge in [-0.3, -0.25) is 4.79 Å². The standard InChI is InChI=1S/C22H28ClN5O3/c1-22(2,3)31-21(30)28-10-9-16(14-28)13-24-17-11-18(23)26-27-19(17)20(29)25-12-15-7-5-4-6-8-15/h4-8,11,16H,9-10,12-14H2,1-3H3,(H,24,26)(H,25,29). The van der Waals surface area contributed by atoms with Crippen LogP contribution in [-0.4, -0.2) is 52.3 Å². The molecule has 9 heteroatoms. The summed E-state index contributed by atoms with van der Waals surface area (Å²) < 4.78 is 5.44. The van der Waals surface area contributed by atoms with Gasteiger partial charge >= 0.3 is 6.09 Å². The maximum absolute atomic E-state index is 12.7. The summed E-state index contributed by atoms with van der Waals surface area (Å²) in [6.07, 6.45) is 0.540. The molecule has 8 nitrogen and oxygen atoms in total. The molecule has 1 saturated heterocycles. The molecule has 2 heterocycles. The number of benzene rings is 1. The van der Waals surface area contributed by atoms with E-state index in [4.69, 9.17) is 16.3 Å². The SMILES string of the molecule is CC(C)(C)OC(=O)N1CCC(CNc2cc(Cl)nnc2C(=O)NCc2ccccc2)C1. The van der Waals surface area contributed by atoms with E-state index in [0.717, 1.165) is 12.0 Å². The van der Waals surface area contributed by atoms with Gasteiger partial charge in [0.05, 0.1) is 5.69 Å². The van der Waals surface area contributed by atoms with Crippen molar-refractivity contribution in [2.75, 3.05) is 25.0 Å². The molecule has 1 aliphatic rings. The Labute approximate surface area is 187 Å². The molecule has 1 atom stereocenters. The second-order valence-corrected chi connectivity index (χ2v) is 8.95. The fourth-order valence-electron chi connectivity index (χ4n) is 3.28. The molecule has 2 N–H and O–H groups in total. The van der Waals surface area contributed by atoms with Gasteiger partial charge in [0.2, 0.25) is 0 Å². The van der Waals surface area contributed by atoms with Crippen LogP contribution in [0.1, 0.15) is 43.2 Å². The monoisotopic (exact) mass is 445 g/mol. The maximum atomic E-state index is 12.7. The Morgan fingerprint density at radius 2 is 1.97 bits per heavy atom. The summed E-state index contributed by atoms with van der Waals surface area (Å²) in [7, 11) is 0. The highest BCUT2D eigenvalue weighted by Crippen LogP contribution is 2.22. The normalized spacial score (nSPS) is 16.1. The number of hydrogen-bond acceptors (Lipinski definition) is 6. The van der Waals surface area contributed by atoms with Gasteiger partial charge in [-0.1, -0.05) is 41.9 Å². The van der Waals surface area contributed by atoms with Gasteiger partial charge < -0.3 is 20.3 Å². The molecule has 0 saturated carbocycles. The highest BCUT2D eigenvalue weighted by atomic mass is 35.5. The number of nitrogens with one attached hydrogen (secondary N) is 2. The molecule has 31 heavy (non-hydrogen) atoms. The van der Waals surface area contributed by atoms with Crippen LogP contribution in [0.15, 0.2) is 36.4 Å². The number of hydrogen-bond donors (Lipinski definition) is 2. The Kier molecular flexibility index (Phi) is 7.33. The number of aromatic nitrogens is 2. The van der Waals surface area contributed by atoms with Gasteiger partial charge in [0, 0.05) is 32.2 Å². The number of carbonyl (C=O) groups is 2. The molecule has 1 aliphatic heterocycles. The lowest BCUT2D eigenvalue weighted by molar-refractivity contribution is 0.0289. The van der Waals surface area contributed by atoms with Gasteiger partial charge in [-0.25, -0.2) is 4.79 Å². The number of carbonyl (C=O) groups excluding carboxylic acids is 2. The van der Waals surface area contributed by atoms with Crippen LogP contribution in [0.2, 0.25) is 5.15 Å². The smallest absolute Gasteiger partial charge is 0.410 e. The Morgan fingerprint density at radius 3 is 2.68 bits per heavy atom. The van der Waals surface area contributed by atoms with Crippen molar-refractivity contribution in [3.05, 3.63) is 52.8 Å². The van der Waals surface area contributed by atoms with E-state index < -0.39 is 5.60 Å². The van der Waals surface area contributed by atoms with Crippen molar-refractivity contribution < 1.29 is 14.3 Å². The van der Waals surface area contributed by atoms with E-state index in [-0.39, 0.29) is 28.8 Å². The van der Waals surface area contributed by atoms with E-state index >= 15 is 0 Å². The van der Waals surface area contributed by atoms with E-state index in [1.165, 1.54) is 0 Å². The van der Waals surface area contributed by atoms with Crippen LogP contribution >= 0.6 is 11.6 Å². The molecule has 1 aromatic carbocycles. The van der Waals surface area contributed by atoms with Crippen LogP contribution in [0.5, 0.6) is 0 Å². The van der Waals surface area contributed by atoms with Crippen LogP contribution in [0, 0.1) is 5.92 Å². The third-order valence-electron chi connectivity index (χ3n) is 4.79. The first kappa shape index (κ1) is 22.8. The fourth-order valence-corrected chi connectivity index (χ4v) is 3.43. The Balaban J connectivity index is 1.57. The zero-order valence-corrected chi connectivity index (χ0v) is 18.8. The van der Waals surface area contributed by atoms with Crippen LogP contribution in [-0.2, 0) is 11.3 Å².